The van der Waals surface area contributed by atoms with Crippen LogP contribution in [0.1, 0.15) is 36.6 Å². The van der Waals surface area contributed by atoms with Gasteiger partial charge < -0.3 is 14.8 Å². The molecule has 0 aliphatic rings. The number of carbonyl (C=O) groups is 2. The summed E-state index contributed by atoms with van der Waals surface area (Å²) in [6, 6.07) is 29.3. The van der Waals surface area contributed by atoms with Gasteiger partial charge in [0.05, 0.1) is 29.4 Å². The average Bonchev–Trinajstić information content (AvgIpc) is 3.04. The monoisotopic (exact) mass is 628 g/mol. The number of nitrogens with zero attached hydrogens (tertiary/aromatic N) is 2. The highest BCUT2D eigenvalue weighted by atomic mass is 32.2. The third-order valence-electron chi connectivity index (χ3n) is 6.66. The van der Waals surface area contributed by atoms with E-state index in [1.807, 2.05) is 44.2 Å². The second-order valence-electron chi connectivity index (χ2n) is 10.1. The molecule has 1 atom stereocenters. The second kappa shape index (κ2) is 15.5. The lowest BCUT2D eigenvalue weighted by Gasteiger charge is -2.25. The first kappa shape index (κ1) is 32.7. The summed E-state index contributed by atoms with van der Waals surface area (Å²) in [6.45, 7) is 5.19. The normalized spacial score (nSPS) is 11.9. The van der Waals surface area contributed by atoms with Crippen molar-refractivity contribution in [2.75, 3.05) is 24.1 Å². The minimum absolute atomic E-state index is 0.0428. The van der Waals surface area contributed by atoms with Crippen LogP contribution in [0.5, 0.6) is 11.5 Å². The Morgan fingerprint density at radius 1 is 0.867 bits per heavy atom. The first-order valence-corrected chi connectivity index (χ1v) is 15.8. The molecule has 10 nitrogen and oxygen atoms in total. The van der Waals surface area contributed by atoms with Gasteiger partial charge in [0.2, 0.25) is 0 Å². The van der Waals surface area contributed by atoms with E-state index in [-0.39, 0.29) is 29.1 Å². The lowest BCUT2D eigenvalue weighted by Crippen LogP contribution is -2.39. The largest absolute Gasteiger partial charge is 0.492 e. The highest BCUT2D eigenvalue weighted by Gasteiger charge is 2.29. The third-order valence-corrected chi connectivity index (χ3v) is 8.43. The van der Waals surface area contributed by atoms with Crippen LogP contribution in [-0.2, 0) is 19.6 Å². The maximum Gasteiger partial charge on any atom is 0.264 e. The fourth-order valence-corrected chi connectivity index (χ4v) is 5.76. The first-order valence-electron chi connectivity index (χ1n) is 14.4. The van der Waals surface area contributed by atoms with E-state index in [2.05, 4.69) is 15.8 Å². The van der Waals surface area contributed by atoms with Crippen molar-refractivity contribution in [2.45, 2.75) is 31.7 Å². The van der Waals surface area contributed by atoms with E-state index in [0.29, 0.717) is 23.7 Å². The molecule has 0 saturated carbocycles. The number of para-hydroxylation sites is 2. The molecule has 11 heteroatoms. The average molecular weight is 629 g/mol. The molecular weight excluding hydrogens is 592 g/mol. The predicted molar refractivity (Wildman–Crippen MR) is 174 cm³/mol. The van der Waals surface area contributed by atoms with Crippen LogP contribution in [0.25, 0.3) is 0 Å². The minimum atomic E-state index is -4.12. The van der Waals surface area contributed by atoms with E-state index >= 15 is 0 Å². The van der Waals surface area contributed by atoms with Gasteiger partial charge in [0.1, 0.15) is 18.0 Å². The highest BCUT2D eigenvalue weighted by Crippen LogP contribution is 2.32. The zero-order chi connectivity index (χ0) is 32.2. The molecule has 0 aliphatic heterocycles. The number of amides is 2. The Labute approximate surface area is 263 Å². The number of hydrazone groups is 1. The lowest BCUT2D eigenvalue weighted by molar-refractivity contribution is -0.123. The topological polar surface area (TPSA) is 126 Å². The Bertz CT molecular complexity index is 1710. The number of carbonyl (C=O) groups excluding carboxylic acids is 2. The van der Waals surface area contributed by atoms with Gasteiger partial charge in [-0.1, -0.05) is 60.2 Å². The van der Waals surface area contributed by atoms with Crippen LogP contribution in [0.3, 0.4) is 0 Å². The Morgan fingerprint density at radius 3 is 2.22 bits per heavy atom. The number of hydrogen-bond donors (Lipinski definition) is 2. The molecule has 0 unspecified atom stereocenters. The number of anilines is 1. The summed E-state index contributed by atoms with van der Waals surface area (Å²) in [4.78, 5) is 25.3. The van der Waals surface area contributed by atoms with E-state index in [9.17, 15) is 18.0 Å². The standard InChI is InChI=1S/C34H36N4O6S/c1-4-43-32-13-9-8-12-31(32)38(45(41,42)30-20-14-25(2)15-21-30)23-33(39)37-35-22-27-16-18-29(19-17-27)44-24-34(40)36-26(3)28-10-6-5-7-11-28/h5-22,26H,4,23-24H2,1-3H3,(H,36,40)(H,37,39)/b35-22-/t26-/m1/s1. The molecule has 234 valence electrons. The van der Waals surface area contributed by atoms with Gasteiger partial charge in [-0.15, -0.1) is 0 Å². The van der Waals surface area contributed by atoms with E-state index in [1.165, 1.54) is 18.3 Å². The number of sulfonamides is 1. The van der Waals surface area contributed by atoms with Crippen molar-refractivity contribution in [1.82, 2.24) is 10.7 Å². The van der Waals surface area contributed by atoms with E-state index in [1.54, 1.807) is 67.6 Å². The number of ether oxygens (including phenoxy) is 2. The van der Waals surface area contributed by atoms with Crippen molar-refractivity contribution in [1.29, 1.82) is 0 Å². The fourth-order valence-electron chi connectivity index (χ4n) is 4.33. The second-order valence-corrected chi connectivity index (χ2v) is 11.9. The van der Waals surface area contributed by atoms with Crippen LogP contribution >= 0.6 is 0 Å². The molecule has 0 aromatic heterocycles. The summed E-state index contributed by atoms with van der Waals surface area (Å²) in [5.74, 6) is -0.0768. The highest BCUT2D eigenvalue weighted by molar-refractivity contribution is 7.92. The SMILES string of the molecule is CCOc1ccccc1N(CC(=O)N/N=C\c1ccc(OCC(=O)N[C@H](C)c2ccccc2)cc1)S(=O)(=O)c1ccc(C)cc1. The summed E-state index contributed by atoms with van der Waals surface area (Å²) in [5, 5.41) is 6.89. The summed E-state index contributed by atoms with van der Waals surface area (Å²) in [7, 11) is -4.12. The van der Waals surface area contributed by atoms with Crippen molar-refractivity contribution in [2.24, 2.45) is 5.10 Å². The summed E-state index contributed by atoms with van der Waals surface area (Å²) in [6.07, 6.45) is 1.42. The van der Waals surface area contributed by atoms with Gasteiger partial charge in [-0.3, -0.25) is 13.9 Å². The molecule has 4 aromatic rings. The van der Waals surface area contributed by atoms with Gasteiger partial charge in [-0.2, -0.15) is 5.10 Å². The minimum Gasteiger partial charge on any atom is -0.492 e. The number of aryl methyl sites for hydroxylation is 1. The molecule has 0 saturated heterocycles. The Balaban J connectivity index is 1.37. The number of rotatable bonds is 14. The van der Waals surface area contributed by atoms with Gasteiger partial charge in [0, 0.05) is 0 Å². The Morgan fingerprint density at radius 2 is 1.53 bits per heavy atom. The quantitative estimate of drug-likeness (QED) is 0.150. The van der Waals surface area contributed by atoms with Crippen molar-refractivity contribution in [3.05, 3.63) is 120 Å². The number of nitrogens with one attached hydrogen (secondary N) is 2. The molecule has 0 heterocycles. The number of benzene rings is 4. The molecule has 2 N–H and O–H groups in total. The van der Waals surface area contributed by atoms with Gasteiger partial charge in [-0.05, 0) is 80.4 Å². The van der Waals surface area contributed by atoms with Crippen LogP contribution < -0.4 is 24.5 Å². The maximum atomic E-state index is 13.7. The molecular formula is C34H36N4O6S. The summed E-state index contributed by atoms with van der Waals surface area (Å²) >= 11 is 0. The maximum absolute atomic E-state index is 13.7. The molecule has 4 aromatic carbocycles. The molecule has 45 heavy (non-hydrogen) atoms. The molecule has 0 bridgehead atoms. The molecule has 0 aliphatic carbocycles. The van der Waals surface area contributed by atoms with Crippen molar-refractivity contribution in [3.63, 3.8) is 0 Å². The zero-order valence-corrected chi connectivity index (χ0v) is 26.2. The van der Waals surface area contributed by atoms with Gasteiger partial charge >= 0.3 is 0 Å². The summed E-state index contributed by atoms with van der Waals surface area (Å²) in [5.41, 5.74) is 5.19. The Hall–Kier alpha value is -5.16. The first-order chi connectivity index (χ1) is 21.7. The lowest BCUT2D eigenvalue weighted by atomic mass is 10.1. The molecule has 4 rings (SSSR count). The van der Waals surface area contributed by atoms with Crippen molar-refractivity contribution < 1.29 is 27.5 Å². The predicted octanol–water partition coefficient (Wildman–Crippen LogP) is 5.00. The Kier molecular flexibility index (Phi) is 11.3. The van der Waals surface area contributed by atoms with Crippen LogP contribution in [0.2, 0.25) is 0 Å². The van der Waals surface area contributed by atoms with Crippen LogP contribution in [0, 0.1) is 6.92 Å². The summed E-state index contributed by atoms with van der Waals surface area (Å²) < 4.78 is 39.6. The van der Waals surface area contributed by atoms with Gasteiger partial charge in [-0.25, -0.2) is 13.8 Å². The fraction of sp³-hybridized carbons (Fsp3) is 0.206. The molecule has 0 spiro atoms. The zero-order valence-electron chi connectivity index (χ0n) is 25.3. The third kappa shape index (κ3) is 9.16. The van der Waals surface area contributed by atoms with Gasteiger partial charge in [0.25, 0.3) is 21.8 Å². The van der Waals surface area contributed by atoms with Gasteiger partial charge in [0.15, 0.2) is 6.61 Å². The molecule has 0 radical (unpaired) electrons. The molecule has 2 amide bonds. The van der Waals surface area contributed by atoms with Crippen molar-refractivity contribution >= 4 is 33.7 Å². The van der Waals surface area contributed by atoms with E-state index in [0.717, 1.165) is 15.4 Å². The van der Waals surface area contributed by atoms with E-state index in [4.69, 9.17) is 9.47 Å². The number of hydrogen-bond acceptors (Lipinski definition) is 7. The van der Waals surface area contributed by atoms with Crippen LogP contribution in [0.4, 0.5) is 5.69 Å². The molecule has 0 fully saturated rings. The smallest absolute Gasteiger partial charge is 0.264 e. The van der Waals surface area contributed by atoms with Crippen molar-refractivity contribution in [3.8, 4) is 11.5 Å². The van der Waals surface area contributed by atoms with E-state index < -0.39 is 22.5 Å². The van der Waals surface area contributed by atoms with Crippen LogP contribution in [0.15, 0.2) is 113 Å². The van der Waals surface area contributed by atoms with Crippen LogP contribution in [-0.4, -0.2) is 46.2 Å².